The second kappa shape index (κ2) is 15.0. The van der Waals surface area contributed by atoms with Crippen LogP contribution >= 0.6 is 11.6 Å². The minimum absolute atomic E-state index is 0.0169. The topological polar surface area (TPSA) is 187 Å². The number of halogens is 2. The van der Waals surface area contributed by atoms with E-state index in [1.165, 1.54) is 14.2 Å². The summed E-state index contributed by atoms with van der Waals surface area (Å²) in [5.74, 6) is -2.65. The van der Waals surface area contributed by atoms with Gasteiger partial charge in [0.15, 0.2) is 11.5 Å². The van der Waals surface area contributed by atoms with Gasteiger partial charge in [-0.3, -0.25) is 9.36 Å². The SMILES string of the molecule is CCOC(=O)C(Cc1ccc(CC(=O)OC)cc1)(OC[C@@H](OC)[C@@H](O)[C@H](F)n1cnc2c(N)nc(Cl)nc21)C(=O)OCC. The molecule has 0 aliphatic heterocycles. The Bertz CT molecular complexity index is 1400. The third kappa shape index (κ3) is 7.73. The number of alkyl halides is 1. The zero-order chi connectivity index (χ0) is 31.7. The summed E-state index contributed by atoms with van der Waals surface area (Å²) < 4.78 is 42.8. The molecule has 3 aromatic rings. The first kappa shape index (κ1) is 33.6. The Morgan fingerprint density at radius 3 is 2.23 bits per heavy atom. The van der Waals surface area contributed by atoms with Crippen LogP contribution in [0.1, 0.15) is 31.3 Å². The van der Waals surface area contributed by atoms with Crippen molar-refractivity contribution in [2.75, 3.05) is 39.8 Å². The Morgan fingerprint density at radius 2 is 1.67 bits per heavy atom. The van der Waals surface area contributed by atoms with Gasteiger partial charge in [0.1, 0.15) is 17.7 Å². The van der Waals surface area contributed by atoms with Crippen LogP contribution < -0.4 is 5.73 Å². The molecule has 0 bridgehead atoms. The fraction of sp³-hybridized carbons (Fsp3) is 0.481. The van der Waals surface area contributed by atoms with Crippen molar-refractivity contribution >= 4 is 46.5 Å². The van der Waals surface area contributed by atoms with Crippen molar-refractivity contribution in [1.82, 2.24) is 19.5 Å². The van der Waals surface area contributed by atoms with Crippen LogP contribution in [-0.4, -0.2) is 94.4 Å². The quantitative estimate of drug-likeness (QED) is 0.108. The van der Waals surface area contributed by atoms with Crippen LogP contribution in [0.5, 0.6) is 0 Å². The van der Waals surface area contributed by atoms with Gasteiger partial charge in [-0.2, -0.15) is 9.97 Å². The number of hydrogen-bond acceptors (Lipinski definition) is 13. The van der Waals surface area contributed by atoms with E-state index < -0.39 is 48.6 Å². The van der Waals surface area contributed by atoms with Crippen molar-refractivity contribution in [3.8, 4) is 0 Å². The van der Waals surface area contributed by atoms with E-state index in [0.717, 1.165) is 10.9 Å². The number of nitrogens with zero attached hydrogens (tertiary/aromatic N) is 4. The highest BCUT2D eigenvalue weighted by molar-refractivity contribution is 6.28. The van der Waals surface area contributed by atoms with Gasteiger partial charge in [-0.25, -0.2) is 19.0 Å². The minimum atomic E-state index is -2.35. The summed E-state index contributed by atoms with van der Waals surface area (Å²) in [6.45, 7) is 2.25. The fourth-order valence-corrected chi connectivity index (χ4v) is 4.33. The first-order valence-corrected chi connectivity index (χ1v) is 13.5. The van der Waals surface area contributed by atoms with E-state index in [0.29, 0.717) is 11.1 Å². The molecule has 0 amide bonds. The van der Waals surface area contributed by atoms with Crippen molar-refractivity contribution in [1.29, 1.82) is 0 Å². The van der Waals surface area contributed by atoms with Crippen molar-refractivity contribution in [3.63, 3.8) is 0 Å². The predicted molar refractivity (Wildman–Crippen MR) is 150 cm³/mol. The van der Waals surface area contributed by atoms with Gasteiger partial charge in [-0.05, 0) is 36.6 Å². The van der Waals surface area contributed by atoms with Crippen LogP contribution in [0.25, 0.3) is 11.2 Å². The zero-order valence-electron chi connectivity index (χ0n) is 24.0. The Hall–Kier alpha value is -3.92. The highest BCUT2D eigenvalue weighted by atomic mass is 35.5. The van der Waals surface area contributed by atoms with Gasteiger partial charge in [0, 0.05) is 13.5 Å². The lowest BCUT2D eigenvalue weighted by Crippen LogP contribution is -2.55. The van der Waals surface area contributed by atoms with E-state index in [1.54, 1.807) is 38.1 Å². The molecule has 0 spiro atoms. The van der Waals surface area contributed by atoms with Gasteiger partial charge in [-0.15, -0.1) is 0 Å². The zero-order valence-corrected chi connectivity index (χ0v) is 24.7. The van der Waals surface area contributed by atoms with Gasteiger partial charge in [0.25, 0.3) is 5.60 Å². The molecule has 3 rings (SSSR count). The smallest absolute Gasteiger partial charge is 0.350 e. The van der Waals surface area contributed by atoms with E-state index in [2.05, 4.69) is 19.7 Å². The number of nitrogen functional groups attached to an aromatic ring is 1. The molecule has 43 heavy (non-hydrogen) atoms. The maximum absolute atomic E-state index is 15.6. The van der Waals surface area contributed by atoms with Crippen LogP contribution in [0.2, 0.25) is 5.28 Å². The number of carbonyl (C=O) groups excluding carboxylic acids is 3. The summed E-state index contributed by atoms with van der Waals surface area (Å²) in [5.41, 5.74) is 4.49. The minimum Gasteiger partial charge on any atom is -0.469 e. The van der Waals surface area contributed by atoms with Gasteiger partial charge in [0.2, 0.25) is 11.6 Å². The van der Waals surface area contributed by atoms with E-state index in [-0.39, 0.29) is 48.3 Å². The maximum atomic E-state index is 15.6. The average molecular weight is 626 g/mol. The number of benzene rings is 1. The third-order valence-electron chi connectivity index (χ3n) is 6.41. The summed E-state index contributed by atoms with van der Waals surface area (Å²) in [4.78, 5) is 49.9. The molecular formula is C27H33ClFN5O9. The number of aromatic nitrogens is 4. The van der Waals surface area contributed by atoms with Crippen LogP contribution in [0, 0.1) is 0 Å². The Kier molecular flexibility index (Phi) is 11.7. The number of aliphatic hydroxyl groups is 1. The van der Waals surface area contributed by atoms with E-state index in [1.807, 2.05) is 0 Å². The Balaban J connectivity index is 1.91. The molecule has 2 aromatic heterocycles. The number of aliphatic hydroxyl groups excluding tert-OH is 1. The number of rotatable bonds is 15. The number of methoxy groups -OCH3 is 2. The molecule has 3 N–H and O–H groups in total. The molecule has 0 radical (unpaired) electrons. The first-order chi connectivity index (χ1) is 20.5. The van der Waals surface area contributed by atoms with E-state index in [9.17, 15) is 19.5 Å². The van der Waals surface area contributed by atoms with Crippen LogP contribution in [0.3, 0.4) is 0 Å². The average Bonchev–Trinajstić information content (AvgIpc) is 3.41. The summed E-state index contributed by atoms with van der Waals surface area (Å²) in [5, 5.41) is 10.7. The molecule has 0 saturated heterocycles. The summed E-state index contributed by atoms with van der Waals surface area (Å²) >= 11 is 5.86. The molecule has 1 aromatic carbocycles. The van der Waals surface area contributed by atoms with Crippen LogP contribution in [0.15, 0.2) is 30.6 Å². The third-order valence-corrected chi connectivity index (χ3v) is 6.58. The number of fused-ring (bicyclic) bond motifs is 1. The summed E-state index contributed by atoms with van der Waals surface area (Å²) in [6, 6.07) is 6.44. The van der Waals surface area contributed by atoms with Gasteiger partial charge in [-0.1, -0.05) is 24.3 Å². The number of imidazole rings is 1. The lowest BCUT2D eigenvalue weighted by molar-refractivity contribution is -0.199. The van der Waals surface area contributed by atoms with Crippen LogP contribution in [0.4, 0.5) is 10.2 Å². The molecule has 16 heteroatoms. The van der Waals surface area contributed by atoms with Gasteiger partial charge in [0.05, 0.1) is 39.7 Å². The maximum Gasteiger partial charge on any atom is 0.350 e. The summed E-state index contributed by atoms with van der Waals surface area (Å²) in [7, 11) is 2.46. The van der Waals surface area contributed by atoms with Gasteiger partial charge < -0.3 is 34.5 Å². The summed E-state index contributed by atoms with van der Waals surface area (Å²) in [6.07, 6.45) is -4.83. The van der Waals surface area contributed by atoms with Crippen molar-refractivity contribution in [3.05, 3.63) is 47.0 Å². The standard InChI is InChI=1S/C27H33ClFN5O9/c1-5-41-24(37)27(25(38)42-6-2,12-16-9-7-15(8-10-16)11-18(35)40-4)43-13-17(39-3)20(36)21(29)34-14-31-19-22(30)32-26(28)33-23(19)34/h7-10,14,17,20-21,36H,5-6,11-13H2,1-4H3,(H2,30,32,33)/t17-,20-,21-/m1/s1. The van der Waals surface area contributed by atoms with Crippen molar-refractivity contribution in [2.45, 2.75) is 50.8 Å². The molecule has 0 aliphatic rings. The van der Waals surface area contributed by atoms with E-state index >= 15 is 4.39 Å². The predicted octanol–water partition coefficient (Wildman–Crippen LogP) is 1.75. The lowest BCUT2D eigenvalue weighted by atomic mass is 9.93. The fourth-order valence-electron chi connectivity index (χ4n) is 4.16. The monoisotopic (exact) mass is 625 g/mol. The number of anilines is 1. The largest absolute Gasteiger partial charge is 0.469 e. The molecule has 2 heterocycles. The Labute approximate surface area is 251 Å². The number of esters is 3. The molecule has 234 valence electrons. The second-order valence-corrected chi connectivity index (χ2v) is 9.50. The van der Waals surface area contributed by atoms with Gasteiger partial charge >= 0.3 is 17.9 Å². The molecule has 0 unspecified atom stereocenters. The molecule has 3 atom stereocenters. The van der Waals surface area contributed by atoms with Crippen molar-refractivity contribution < 1.29 is 47.6 Å². The molecule has 0 aliphatic carbocycles. The number of nitrogens with two attached hydrogens (primary N) is 1. The van der Waals surface area contributed by atoms with Crippen LogP contribution in [-0.2, 0) is 50.9 Å². The number of carbonyl (C=O) groups is 3. The number of ether oxygens (including phenoxy) is 5. The lowest BCUT2D eigenvalue weighted by Gasteiger charge is -2.32. The number of hydrogen-bond donors (Lipinski definition) is 2. The highest BCUT2D eigenvalue weighted by Crippen LogP contribution is 2.28. The molecule has 0 fully saturated rings. The highest BCUT2D eigenvalue weighted by Gasteiger charge is 2.51. The van der Waals surface area contributed by atoms with Crippen molar-refractivity contribution in [2.24, 2.45) is 0 Å². The Morgan fingerprint density at radius 1 is 1.07 bits per heavy atom. The normalized spacial score (nSPS) is 13.7. The molecule has 0 saturated carbocycles. The second-order valence-electron chi connectivity index (χ2n) is 9.16. The molecular weight excluding hydrogens is 593 g/mol. The molecule has 14 nitrogen and oxygen atoms in total. The van der Waals surface area contributed by atoms with E-state index in [4.69, 9.17) is 36.3 Å². The first-order valence-electron chi connectivity index (χ1n) is 13.1.